The van der Waals surface area contributed by atoms with Crippen LogP contribution in [-0.4, -0.2) is 26.4 Å². The molecule has 0 atom stereocenters. The summed E-state index contributed by atoms with van der Waals surface area (Å²) in [5.74, 6) is -0.695. The molecule has 0 aliphatic rings. The molecule has 0 unspecified atom stereocenters. The summed E-state index contributed by atoms with van der Waals surface area (Å²) in [5, 5.41) is 23.2. The molecule has 0 aliphatic heterocycles. The van der Waals surface area contributed by atoms with Gasteiger partial charge in [0.25, 0.3) is 11.6 Å². The van der Waals surface area contributed by atoms with Gasteiger partial charge < -0.3 is 14.2 Å². The molecule has 3 aromatic rings. The number of hydrogen-bond acceptors (Lipinski definition) is 8. The molecule has 36 heavy (non-hydrogen) atoms. The third-order valence-electron chi connectivity index (χ3n) is 4.57. The Bertz CT molecular complexity index is 1500. The molecule has 3 aromatic carbocycles. The maximum atomic E-state index is 12.7. The maximum absolute atomic E-state index is 12.7. The average molecular weight is 637 g/mol. The number of nitrogens with zero attached hydrogens (tertiary/aromatic N) is 2. The molecule has 0 radical (unpaired) electrons. The van der Waals surface area contributed by atoms with Gasteiger partial charge in [0.1, 0.15) is 28.0 Å². The predicted molar refractivity (Wildman–Crippen MR) is 138 cm³/mol. The van der Waals surface area contributed by atoms with Crippen LogP contribution in [0, 0.1) is 21.4 Å². The van der Waals surface area contributed by atoms with Crippen molar-refractivity contribution in [3.05, 3.63) is 90.9 Å². The van der Waals surface area contributed by atoms with Gasteiger partial charge in [-0.15, -0.1) is 0 Å². The molecule has 13 heteroatoms. The quantitative estimate of drug-likeness (QED) is 0.113. The maximum Gasteiger partial charge on any atom is 0.339 e. The van der Waals surface area contributed by atoms with Crippen LogP contribution < -0.4 is 14.2 Å². The number of nitro benzene ring substituents is 1. The molecule has 0 spiro atoms. The average Bonchev–Trinajstić information content (AvgIpc) is 2.85. The fourth-order valence-corrected chi connectivity index (χ4v) is 5.47. The highest BCUT2D eigenvalue weighted by atomic mass is 79.9. The summed E-state index contributed by atoms with van der Waals surface area (Å²) in [6.07, 6.45) is 1.23. The van der Waals surface area contributed by atoms with Crippen molar-refractivity contribution in [2.45, 2.75) is 4.90 Å². The van der Waals surface area contributed by atoms with Crippen molar-refractivity contribution in [2.75, 3.05) is 12.4 Å². The number of methoxy groups -OCH3 is 1. The van der Waals surface area contributed by atoms with E-state index in [1.54, 1.807) is 24.3 Å². The summed E-state index contributed by atoms with van der Waals surface area (Å²) in [5.41, 5.74) is -0.547. The molecule has 0 fully saturated rings. The van der Waals surface area contributed by atoms with Gasteiger partial charge in [-0.3, -0.25) is 14.9 Å². The lowest BCUT2D eigenvalue weighted by Gasteiger charge is -2.12. The Morgan fingerprint density at radius 3 is 2.31 bits per heavy atom. The van der Waals surface area contributed by atoms with E-state index in [-0.39, 0.29) is 36.6 Å². The number of carbonyl (C=O) groups is 1. The minimum atomic E-state index is -4.12. The zero-order valence-electron chi connectivity index (χ0n) is 18.3. The summed E-state index contributed by atoms with van der Waals surface area (Å²) in [6.45, 7) is 0. The van der Waals surface area contributed by atoms with Crippen molar-refractivity contribution in [3.8, 4) is 17.6 Å². The van der Waals surface area contributed by atoms with Crippen LogP contribution in [0.1, 0.15) is 5.56 Å². The Morgan fingerprint density at radius 1 is 1.11 bits per heavy atom. The van der Waals surface area contributed by atoms with Gasteiger partial charge in [0, 0.05) is 0 Å². The van der Waals surface area contributed by atoms with Crippen molar-refractivity contribution in [1.82, 2.24) is 0 Å². The molecular formula is C23H15Br2N3O7S. The monoisotopic (exact) mass is 635 g/mol. The van der Waals surface area contributed by atoms with Gasteiger partial charge in [-0.05, 0) is 79.9 Å². The smallest absolute Gasteiger partial charge is 0.339 e. The third-order valence-corrected chi connectivity index (χ3v) is 6.99. The number of nitriles is 1. The molecule has 10 nitrogen and oxygen atoms in total. The Balaban J connectivity index is 1.89. The van der Waals surface area contributed by atoms with Crippen molar-refractivity contribution in [2.24, 2.45) is 0 Å². The van der Waals surface area contributed by atoms with E-state index in [0.29, 0.717) is 5.56 Å². The van der Waals surface area contributed by atoms with Crippen LogP contribution in [0.15, 0.2) is 80.1 Å². The van der Waals surface area contributed by atoms with E-state index in [0.717, 1.165) is 6.07 Å². The van der Waals surface area contributed by atoms with Crippen molar-refractivity contribution >= 4 is 65.3 Å². The number of benzene rings is 3. The largest absolute Gasteiger partial charge is 0.496 e. The standard InChI is InChI=1S/C23H15Br2N3O7S/c1-34-16-7-8-20(21(12-16)28(30)31)27-23(29)15(13-26)9-14-10-18(24)22(19(25)11-14)35-36(32,33)17-5-3-2-4-6-17/h2-12H,1H3,(H,27,29)/b15-9+. The van der Waals surface area contributed by atoms with Gasteiger partial charge in [0.15, 0.2) is 5.75 Å². The SMILES string of the molecule is COc1ccc(NC(=O)/C(C#N)=C/c2cc(Br)c(OS(=O)(=O)c3ccccc3)c(Br)c2)c([N+](=O)[O-])c1. The molecule has 1 amide bonds. The Morgan fingerprint density at radius 2 is 1.75 bits per heavy atom. The molecule has 0 saturated heterocycles. The van der Waals surface area contributed by atoms with Crippen molar-refractivity contribution in [1.29, 1.82) is 5.26 Å². The van der Waals surface area contributed by atoms with E-state index in [4.69, 9.17) is 8.92 Å². The zero-order valence-corrected chi connectivity index (χ0v) is 22.3. The number of carbonyl (C=O) groups excluding carboxylic acids is 1. The van der Waals surface area contributed by atoms with Crippen LogP contribution in [0.3, 0.4) is 0 Å². The lowest BCUT2D eigenvalue weighted by molar-refractivity contribution is -0.384. The van der Waals surface area contributed by atoms with E-state index in [1.807, 2.05) is 0 Å². The molecule has 0 saturated carbocycles. The van der Waals surface area contributed by atoms with Crippen LogP contribution in [0.5, 0.6) is 11.5 Å². The van der Waals surface area contributed by atoms with Crippen molar-refractivity contribution < 1.29 is 27.1 Å². The molecule has 1 N–H and O–H groups in total. The van der Waals surface area contributed by atoms with Crippen LogP contribution in [0.2, 0.25) is 0 Å². The van der Waals surface area contributed by atoms with E-state index >= 15 is 0 Å². The first-order chi connectivity index (χ1) is 17.1. The van der Waals surface area contributed by atoms with Crippen LogP contribution in [-0.2, 0) is 14.9 Å². The van der Waals surface area contributed by atoms with E-state index in [1.165, 1.54) is 49.6 Å². The van der Waals surface area contributed by atoms with E-state index in [2.05, 4.69) is 37.2 Å². The minimum Gasteiger partial charge on any atom is -0.496 e. The number of hydrogen-bond donors (Lipinski definition) is 1. The normalized spacial score (nSPS) is 11.3. The summed E-state index contributed by atoms with van der Waals surface area (Å²) < 4.78 is 35.8. The van der Waals surface area contributed by atoms with Gasteiger partial charge in [-0.2, -0.15) is 13.7 Å². The minimum absolute atomic E-state index is 0.0344. The number of anilines is 1. The molecular weight excluding hydrogens is 622 g/mol. The fourth-order valence-electron chi connectivity index (χ4n) is 2.89. The molecule has 0 heterocycles. The molecule has 0 aromatic heterocycles. The zero-order chi connectivity index (χ0) is 26.5. The number of rotatable bonds is 8. The van der Waals surface area contributed by atoms with Crippen LogP contribution in [0.4, 0.5) is 11.4 Å². The summed E-state index contributed by atoms with van der Waals surface area (Å²) >= 11 is 6.49. The van der Waals surface area contributed by atoms with Crippen molar-refractivity contribution in [3.63, 3.8) is 0 Å². The molecule has 3 rings (SSSR count). The first kappa shape index (κ1) is 26.9. The number of halogens is 2. The van der Waals surface area contributed by atoms with Gasteiger partial charge in [-0.25, -0.2) is 0 Å². The lowest BCUT2D eigenvalue weighted by atomic mass is 10.1. The molecule has 0 aliphatic carbocycles. The second kappa shape index (κ2) is 11.3. The number of nitro groups is 1. The highest BCUT2D eigenvalue weighted by molar-refractivity contribution is 9.11. The van der Waals surface area contributed by atoms with Gasteiger partial charge in [0.2, 0.25) is 0 Å². The number of nitrogens with one attached hydrogen (secondary N) is 1. The van der Waals surface area contributed by atoms with Gasteiger partial charge in [-0.1, -0.05) is 18.2 Å². The Labute approximate surface area is 222 Å². The second-order valence-electron chi connectivity index (χ2n) is 6.93. The molecule has 184 valence electrons. The predicted octanol–water partition coefficient (Wildman–Crippen LogP) is 5.44. The fraction of sp³-hybridized carbons (Fsp3) is 0.0435. The Kier molecular flexibility index (Phi) is 8.46. The topological polar surface area (TPSA) is 149 Å². The number of amides is 1. The first-order valence-corrected chi connectivity index (χ1v) is 12.8. The second-order valence-corrected chi connectivity index (χ2v) is 10.2. The highest BCUT2D eigenvalue weighted by Gasteiger charge is 2.22. The van der Waals surface area contributed by atoms with Gasteiger partial charge >= 0.3 is 10.1 Å². The Hall–Kier alpha value is -3.73. The van der Waals surface area contributed by atoms with Gasteiger partial charge in [0.05, 0.1) is 27.0 Å². The summed E-state index contributed by atoms with van der Waals surface area (Å²) in [7, 11) is -2.77. The van der Waals surface area contributed by atoms with Crippen LogP contribution in [0.25, 0.3) is 6.08 Å². The molecule has 0 bridgehead atoms. The van der Waals surface area contributed by atoms with E-state index in [9.17, 15) is 28.6 Å². The summed E-state index contributed by atoms with van der Waals surface area (Å²) in [4.78, 5) is 23.3. The highest BCUT2D eigenvalue weighted by Crippen LogP contribution is 2.37. The lowest BCUT2D eigenvalue weighted by Crippen LogP contribution is -2.14. The third kappa shape index (κ3) is 6.28. The van der Waals surface area contributed by atoms with Crippen LogP contribution >= 0.6 is 31.9 Å². The summed E-state index contributed by atoms with van der Waals surface area (Å²) in [6, 6.07) is 16.1. The first-order valence-electron chi connectivity index (χ1n) is 9.80. The van der Waals surface area contributed by atoms with E-state index < -0.39 is 26.6 Å². The number of ether oxygens (including phenoxy) is 1.